The molecule has 24 heavy (non-hydrogen) atoms. The molecule has 0 bridgehead atoms. The molecule has 0 amide bonds. The number of hydrogen-bond donors (Lipinski definition) is 0. The van der Waals surface area contributed by atoms with Gasteiger partial charge in [0, 0.05) is 67.0 Å². The van der Waals surface area contributed by atoms with E-state index in [1.54, 1.807) is 42.7 Å². The summed E-state index contributed by atoms with van der Waals surface area (Å²) in [6.07, 6.45) is 5.68. The average molecular weight is 387 g/mol. The molecule has 0 aliphatic carbocycles. The van der Waals surface area contributed by atoms with Gasteiger partial charge in [0.15, 0.2) is 0 Å². The van der Waals surface area contributed by atoms with Crippen LogP contribution in [0.3, 0.4) is 0 Å². The first kappa shape index (κ1) is 24.5. The number of methoxy groups -OCH3 is 6. The zero-order valence-electron chi connectivity index (χ0n) is 15.9. The van der Waals surface area contributed by atoms with Gasteiger partial charge in [0.1, 0.15) is 0 Å². The maximum Gasteiger partial charge on any atom is 0.282 e. The van der Waals surface area contributed by atoms with E-state index < -0.39 is 11.9 Å². The predicted octanol–water partition coefficient (Wildman–Crippen LogP) is 3.89. The lowest BCUT2D eigenvalue weighted by Gasteiger charge is -2.28. The molecule has 8 heteroatoms. The smallest absolute Gasteiger partial charge is 0.282 e. The maximum absolute atomic E-state index is 5.28. The molecule has 0 radical (unpaired) electrons. The van der Waals surface area contributed by atoms with Gasteiger partial charge in [0.25, 0.3) is 11.9 Å². The molecular weight excluding hydrogens is 352 g/mol. The average Bonchev–Trinajstić information content (AvgIpc) is 2.64. The van der Waals surface area contributed by atoms with Crippen molar-refractivity contribution in [3.8, 4) is 0 Å². The van der Waals surface area contributed by atoms with E-state index in [1.165, 1.54) is 0 Å². The lowest BCUT2D eigenvalue weighted by molar-refractivity contribution is -0.355. The normalized spacial score (nSPS) is 12.8. The van der Waals surface area contributed by atoms with Crippen LogP contribution in [-0.4, -0.2) is 66.1 Å². The molecule has 0 heterocycles. The van der Waals surface area contributed by atoms with Gasteiger partial charge in [-0.1, -0.05) is 21.6 Å². The van der Waals surface area contributed by atoms with Gasteiger partial charge in [0.05, 0.1) is 0 Å². The van der Waals surface area contributed by atoms with E-state index in [1.807, 2.05) is 21.6 Å². The summed E-state index contributed by atoms with van der Waals surface area (Å²) in [5.74, 6) is 0.425. The largest absolute Gasteiger partial charge is 0.331 e. The summed E-state index contributed by atoms with van der Waals surface area (Å²) in [7, 11) is 13.4. The van der Waals surface area contributed by atoms with E-state index in [2.05, 4.69) is 0 Å². The number of unbranched alkanes of at least 4 members (excludes halogenated alkanes) is 2. The van der Waals surface area contributed by atoms with Crippen LogP contribution in [0.15, 0.2) is 0 Å². The Morgan fingerprint density at radius 3 is 1.04 bits per heavy atom. The first-order chi connectivity index (χ1) is 11.6. The van der Waals surface area contributed by atoms with Gasteiger partial charge in [-0.2, -0.15) is 0 Å². The fourth-order valence-corrected chi connectivity index (χ4v) is 4.53. The Morgan fingerprint density at radius 2 is 0.792 bits per heavy atom. The maximum atomic E-state index is 5.28. The number of ether oxygens (including phenoxy) is 6. The molecule has 6 nitrogen and oxygen atoms in total. The fraction of sp³-hybridized carbons (Fsp3) is 1.00. The highest BCUT2D eigenvalue weighted by Crippen LogP contribution is 2.27. The lowest BCUT2D eigenvalue weighted by Crippen LogP contribution is -2.35. The molecule has 0 spiro atoms. The fourth-order valence-electron chi connectivity index (χ4n) is 2.24. The summed E-state index contributed by atoms with van der Waals surface area (Å²) in [5.41, 5.74) is 0. The van der Waals surface area contributed by atoms with Crippen LogP contribution in [0.25, 0.3) is 0 Å². The summed E-state index contributed by atoms with van der Waals surface area (Å²) in [6.45, 7) is 0. The van der Waals surface area contributed by atoms with Crippen LogP contribution >= 0.6 is 21.6 Å². The van der Waals surface area contributed by atoms with E-state index in [0.717, 1.165) is 50.0 Å². The molecule has 0 fully saturated rings. The van der Waals surface area contributed by atoms with Gasteiger partial charge in [-0.05, 0) is 25.7 Å². The van der Waals surface area contributed by atoms with Crippen molar-refractivity contribution in [2.24, 2.45) is 0 Å². The third kappa shape index (κ3) is 9.24. The molecule has 0 saturated carbocycles. The molecule has 0 aliphatic heterocycles. The van der Waals surface area contributed by atoms with Crippen LogP contribution in [-0.2, 0) is 28.4 Å². The molecule has 0 rings (SSSR count). The monoisotopic (exact) mass is 386 g/mol. The van der Waals surface area contributed by atoms with Crippen molar-refractivity contribution in [2.75, 3.05) is 54.2 Å². The molecule has 0 saturated heterocycles. The summed E-state index contributed by atoms with van der Waals surface area (Å²) in [5, 5.41) is 0. The van der Waals surface area contributed by atoms with Crippen LogP contribution in [0.4, 0.5) is 0 Å². The van der Waals surface area contributed by atoms with Crippen molar-refractivity contribution in [1.29, 1.82) is 0 Å². The van der Waals surface area contributed by atoms with Gasteiger partial charge in [-0.25, -0.2) is 0 Å². The van der Waals surface area contributed by atoms with Crippen LogP contribution in [0, 0.1) is 0 Å². The van der Waals surface area contributed by atoms with Crippen molar-refractivity contribution in [3.05, 3.63) is 0 Å². The highest BCUT2D eigenvalue weighted by Gasteiger charge is 2.29. The molecule has 0 aromatic carbocycles. The van der Waals surface area contributed by atoms with Crippen LogP contribution in [0.1, 0.15) is 38.5 Å². The minimum atomic E-state index is -0.894. The van der Waals surface area contributed by atoms with Crippen molar-refractivity contribution < 1.29 is 28.4 Å². The molecule has 0 unspecified atom stereocenters. The minimum Gasteiger partial charge on any atom is -0.331 e. The van der Waals surface area contributed by atoms with Crippen LogP contribution in [0.5, 0.6) is 0 Å². The summed E-state index contributed by atoms with van der Waals surface area (Å²) >= 11 is 0. The summed E-state index contributed by atoms with van der Waals surface area (Å²) in [6, 6.07) is 0. The van der Waals surface area contributed by atoms with Crippen molar-refractivity contribution >= 4 is 21.6 Å². The SMILES string of the molecule is COC(CCCCSSCCCCC(OC)(OC)OC)(OC)OC. The van der Waals surface area contributed by atoms with Crippen molar-refractivity contribution in [1.82, 2.24) is 0 Å². The van der Waals surface area contributed by atoms with Gasteiger partial charge >= 0.3 is 0 Å². The standard InChI is InChI=1S/C16H34O6S2/c1-17-15(18-2,19-3)11-7-9-13-23-24-14-10-8-12-16(20-4,21-5)22-6/h7-14H2,1-6H3. The van der Waals surface area contributed by atoms with Gasteiger partial charge < -0.3 is 28.4 Å². The number of hydrogen-bond acceptors (Lipinski definition) is 8. The highest BCUT2D eigenvalue weighted by molar-refractivity contribution is 8.76. The minimum absolute atomic E-state index is 0.731. The number of rotatable bonds is 17. The molecule has 0 atom stereocenters. The Labute approximate surface area is 155 Å². The van der Waals surface area contributed by atoms with E-state index in [0.29, 0.717) is 0 Å². The molecule has 0 aromatic rings. The molecule has 0 aromatic heterocycles. The van der Waals surface area contributed by atoms with Crippen molar-refractivity contribution in [3.63, 3.8) is 0 Å². The van der Waals surface area contributed by atoms with Crippen LogP contribution < -0.4 is 0 Å². The second-order valence-electron chi connectivity index (χ2n) is 5.15. The third-order valence-electron chi connectivity index (χ3n) is 3.87. The lowest BCUT2D eigenvalue weighted by atomic mass is 10.2. The first-order valence-electron chi connectivity index (χ1n) is 8.13. The third-order valence-corrected chi connectivity index (χ3v) is 6.45. The Kier molecular flexibility index (Phi) is 14.9. The van der Waals surface area contributed by atoms with Crippen molar-refractivity contribution in [2.45, 2.75) is 50.5 Å². The summed E-state index contributed by atoms with van der Waals surface area (Å²) in [4.78, 5) is 0. The molecule has 0 aliphatic rings. The molecule has 0 N–H and O–H groups in total. The van der Waals surface area contributed by atoms with E-state index in [4.69, 9.17) is 28.4 Å². The van der Waals surface area contributed by atoms with Gasteiger partial charge in [0.2, 0.25) is 0 Å². The Bertz CT molecular complexity index is 241. The first-order valence-corrected chi connectivity index (χ1v) is 10.6. The van der Waals surface area contributed by atoms with Gasteiger partial charge in [-0.15, -0.1) is 0 Å². The highest BCUT2D eigenvalue weighted by atomic mass is 33.1. The molecule has 146 valence electrons. The van der Waals surface area contributed by atoms with E-state index in [-0.39, 0.29) is 0 Å². The van der Waals surface area contributed by atoms with E-state index >= 15 is 0 Å². The molecular formula is C16H34O6S2. The van der Waals surface area contributed by atoms with E-state index in [9.17, 15) is 0 Å². The quantitative estimate of drug-likeness (QED) is 0.212. The Morgan fingerprint density at radius 1 is 0.500 bits per heavy atom. The zero-order valence-corrected chi connectivity index (χ0v) is 17.6. The second-order valence-corrected chi connectivity index (χ2v) is 7.85. The predicted molar refractivity (Wildman–Crippen MR) is 100 cm³/mol. The zero-order chi connectivity index (χ0) is 18.3. The topological polar surface area (TPSA) is 55.4 Å². The Hall–Kier alpha value is 0.460. The summed E-state index contributed by atoms with van der Waals surface area (Å²) < 4.78 is 31.7. The Balaban J connectivity index is 3.58. The van der Waals surface area contributed by atoms with Gasteiger partial charge in [-0.3, -0.25) is 0 Å². The van der Waals surface area contributed by atoms with Crippen LogP contribution in [0.2, 0.25) is 0 Å². The second kappa shape index (κ2) is 14.6.